The lowest BCUT2D eigenvalue weighted by molar-refractivity contribution is 0.292. The molecule has 0 spiro atoms. The number of rotatable bonds is 7. The summed E-state index contributed by atoms with van der Waals surface area (Å²) in [4.78, 5) is 1.23. The fraction of sp³-hybridized carbons (Fsp3) is 0.286. The SMILES string of the molecule is OCCNCc1ccc(OCc2cccs2)cc1. The predicted octanol–water partition coefficient (Wildman–Crippen LogP) is 2.41. The highest BCUT2D eigenvalue weighted by Gasteiger charge is 1.97. The van der Waals surface area contributed by atoms with Crippen molar-refractivity contribution in [2.75, 3.05) is 13.2 Å². The number of benzene rings is 1. The predicted molar refractivity (Wildman–Crippen MR) is 73.9 cm³/mol. The Morgan fingerprint density at radius 3 is 2.67 bits per heavy atom. The van der Waals surface area contributed by atoms with E-state index in [9.17, 15) is 0 Å². The van der Waals surface area contributed by atoms with E-state index in [2.05, 4.69) is 16.8 Å². The second-order valence-electron chi connectivity index (χ2n) is 3.91. The summed E-state index contributed by atoms with van der Waals surface area (Å²) in [5.41, 5.74) is 1.19. The maximum atomic E-state index is 8.67. The lowest BCUT2D eigenvalue weighted by Gasteiger charge is -2.06. The summed E-state index contributed by atoms with van der Waals surface area (Å²) in [6.45, 7) is 2.18. The van der Waals surface area contributed by atoms with Crippen molar-refractivity contribution in [3.05, 3.63) is 52.2 Å². The molecule has 2 rings (SSSR count). The first-order valence-electron chi connectivity index (χ1n) is 5.94. The Labute approximate surface area is 111 Å². The topological polar surface area (TPSA) is 41.5 Å². The van der Waals surface area contributed by atoms with Crippen LogP contribution in [0.3, 0.4) is 0 Å². The first kappa shape index (κ1) is 13.1. The summed E-state index contributed by atoms with van der Waals surface area (Å²) in [6.07, 6.45) is 0. The molecule has 1 heterocycles. The van der Waals surface area contributed by atoms with Crippen molar-refractivity contribution in [1.29, 1.82) is 0 Å². The molecule has 2 N–H and O–H groups in total. The summed E-state index contributed by atoms with van der Waals surface area (Å²) in [6, 6.07) is 12.1. The normalized spacial score (nSPS) is 10.5. The Morgan fingerprint density at radius 1 is 1.17 bits per heavy atom. The molecule has 4 heteroatoms. The van der Waals surface area contributed by atoms with Gasteiger partial charge >= 0.3 is 0 Å². The Morgan fingerprint density at radius 2 is 2.00 bits per heavy atom. The van der Waals surface area contributed by atoms with Crippen LogP contribution in [0, 0.1) is 0 Å². The quantitative estimate of drug-likeness (QED) is 0.754. The highest BCUT2D eigenvalue weighted by Crippen LogP contribution is 2.16. The van der Waals surface area contributed by atoms with Crippen molar-refractivity contribution in [2.24, 2.45) is 0 Å². The molecule has 0 unspecified atom stereocenters. The second-order valence-corrected chi connectivity index (χ2v) is 4.94. The summed E-state index contributed by atoms with van der Waals surface area (Å²) >= 11 is 1.70. The van der Waals surface area contributed by atoms with Gasteiger partial charge in [0.1, 0.15) is 12.4 Å². The highest BCUT2D eigenvalue weighted by atomic mass is 32.1. The van der Waals surface area contributed by atoms with E-state index < -0.39 is 0 Å². The van der Waals surface area contributed by atoms with Crippen LogP contribution < -0.4 is 10.1 Å². The van der Waals surface area contributed by atoms with Gasteiger partial charge in [0.15, 0.2) is 0 Å². The van der Waals surface area contributed by atoms with Crippen LogP contribution in [-0.2, 0) is 13.2 Å². The van der Waals surface area contributed by atoms with Crippen LogP contribution >= 0.6 is 11.3 Å². The molecule has 0 aliphatic carbocycles. The molecule has 0 radical (unpaired) electrons. The summed E-state index contributed by atoms with van der Waals surface area (Å²) in [7, 11) is 0. The fourth-order valence-electron chi connectivity index (χ4n) is 1.56. The van der Waals surface area contributed by atoms with Crippen molar-refractivity contribution in [3.63, 3.8) is 0 Å². The summed E-state index contributed by atoms with van der Waals surface area (Å²) in [5, 5.41) is 13.9. The Balaban J connectivity index is 1.80. The molecular weight excluding hydrogens is 246 g/mol. The molecule has 0 fully saturated rings. The van der Waals surface area contributed by atoms with Gasteiger partial charge in [-0.05, 0) is 29.1 Å². The van der Waals surface area contributed by atoms with E-state index in [0.29, 0.717) is 13.2 Å². The molecular formula is C14H17NO2S. The maximum absolute atomic E-state index is 8.67. The van der Waals surface area contributed by atoms with Crippen molar-refractivity contribution in [1.82, 2.24) is 5.32 Å². The molecule has 0 aliphatic heterocycles. The lowest BCUT2D eigenvalue weighted by atomic mass is 10.2. The van der Waals surface area contributed by atoms with Gasteiger partial charge in [-0.3, -0.25) is 0 Å². The number of hydrogen-bond acceptors (Lipinski definition) is 4. The zero-order valence-electron chi connectivity index (χ0n) is 10.1. The number of hydrogen-bond donors (Lipinski definition) is 2. The zero-order chi connectivity index (χ0) is 12.6. The molecule has 3 nitrogen and oxygen atoms in total. The van der Waals surface area contributed by atoms with Gasteiger partial charge in [0.05, 0.1) is 6.61 Å². The number of aliphatic hydroxyl groups excluding tert-OH is 1. The Hall–Kier alpha value is -1.36. The van der Waals surface area contributed by atoms with Crippen LogP contribution in [0.5, 0.6) is 5.75 Å². The summed E-state index contributed by atoms with van der Waals surface area (Å²) < 4.78 is 5.68. The Kier molecular flexibility index (Phi) is 5.20. The van der Waals surface area contributed by atoms with Gasteiger partial charge in [0, 0.05) is 18.0 Å². The lowest BCUT2D eigenvalue weighted by Crippen LogP contribution is -2.17. The van der Waals surface area contributed by atoms with E-state index in [0.717, 1.165) is 12.3 Å². The van der Waals surface area contributed by atoms with E-state index in [1.807, 2.05) is 30.3 Å². The largest absolute Gasteiger partial charge is 0.488 e. The van der Waals surface area contributed by atoms with Crippen LogP contribution in [0.4, 0.5) is 0 Å². The smallest absolute Gasteiger partial charge is 0.122 e. The van der Waals surface area contributed by atoms with Gasteiger partial charge in [-0.2, -0.15) is 0 Å². The van der Waals surface area contributed by atoms with Gasteiger partial charge in [-0.15, -0.1) is 11.3 Å². The third-order valence-electron chi connectivity index (χ3n) is 2.50. The minimum absolute atomic E-state index is 0.169. The second kappa shape index (κ2) is 7.16. The summed E-state index contributed by atoms with van der Waals surface area (Å²) in [5.74, 6) is 0.884. The average molecular weight is 263 g/mol. The van der Waals surface area contributed by atoms with E-state index in [1.54, 1.807) is 11.3 Å². The van der Waals surface area contributed by atoms with Crippen molar-refractivity contribution < 1.29 is 9.84 Å². The van der Waals surface area contributed by atoms with Crippen LogP contribution in [0.1, 0.15) is 10.4 Å². The first-order valence-corrected chi connectivity index (χ1v) is 6.82. The standard InChI is InChI=1S/C14H17NO2S/c16-8-7-15-10-12-3-5-13(6-4-12)17-11-14-2-1-9-18-14/h1-6,9,15-16H,7-8,10-11H2. The highest BCUT2D eigenvalue weighted by molar-refractivity contribution is 7.09. The minimum atomic E-state index is 0.169. The van der Waals surface area contributed by atoms with Crippen molar-refractivity contribution in [3.8, 4) is 5.75 Å². The Bertz CT molecular complexity index is 439. The number of nitrogens with one attached hydrogen (secondary N) is 1. The molecule has 1 aromatic heterocycles. The van der Waals surface area contributed by atoms with Gasteiger partial charge < -0.3 is 15.2 Å². The van der Waals surface area contributed by atoms with Gasteiger partial charge in [0.2, 0.25) is 0 Å². The first-order chi connectivity index (χ1) is 8.88. The minimum Gasteiger partial charge on any atom is -0.488 e. The monoisotopic (exact) mass is 263 g/mol. The molecule has 0 saturated heterocycles. The average Bonchev–Trinajstić information content (AvgIpc) is 2.91. The van der Waals surface area contributed by atoms with E-state index in [-0.39, 0.29) is 6.61 Å². The van der Waals surface area contributed by atoms with Crippen LogP contribution in [0.2, 0.25) is 0 Å². The molecule has 96 valence electrons. The van der Waals surface area contributed by atoms with Crippen LogP contribution in [0.25, 0.3) is 0 Å². The molecule has 0 saturated carbocycles. The molecule has 0 aliphatic rings. The van der Waals surface area contributed by atoms with E-state index in [4.69, 9.17) is 9.84 Å². The number of aliphatic hydroxyl groups is 1. The van der Waals surface area contributed by atoms with E-state index >= 15 is 0 Å². The van der Waals surface area contributed by atoms with E-state index in [1.165, 1.54) is 10.4 Å². The van der Waals surface area contributed by atoms with Crippen LogP contribution in [-0.4, -0.2) is 18.3 Å². The number of ether oxygens (including phenoxy) is 1. The van der Waals surface area contributed by atoms with Gasteiger partial charge in [0.25, 0.3) is 0 Å². The van der Waals surface area contributed by atoms with Gasteiger partial charge in [-0.1, -0.05) is 18.2 Å². The zero-order valence-corrected chi connectivity index (χ0v) is 11.0. The fourth-order valence-corrected chi connectivity index (χ4v) is 2.18. The third-order valence-corrected chi connectivity index (χ3v) is 3.35. The molecule has 1 aromatic carbocycles. The van der Waals surface area contributed by atoms with Gasteiger partial charge in [-0.25, -0.2) is 0 Å². The molecule has 0 bridgehead atoms. The molecule has 0 amide bonds. The molecule has 2 aromatic rings. The number of thiophene rings is 1. The van der Waals surface area contributed by atoms with Crippen LogP contribution in [0.15, 0.2) is 41.8 Å². The molecule has 18 heavy (non-hydrogen) atoms. The van der Waals surface area contributed by atoms with Crippen molar-refractivity contribution in [2.45, 2.75) is 13.2 Å². The van der Waals surface area contributed by atoms with Crippen molar-refractivity contribution >= 4 is 11.3 Å². The maximum Gasteiger partial charge on any atom is 0.122 e. The molecule has 0 atom stereocenters. The third kappa shape index (κ3) is 4.14.